The van der Waals surface area contributed by atoms with Crippen LogP contribution in [0.1, 0.15) is 30.9 Å². The third-order valence-electron chi connectivity index (χ3n) is 6.88. The summed E-state index contributed by atoms with van der Waals surface area (Å²) in [5.41, 5.74) is 0.200. The molecule has 0 atom stereocenters. The molecule has 2 heterocycles. The number of nitrogens with one attached hydrogen (secondary N) is 2. The highest BCUT2D eigenvalue weighted by molar-refractivity contribution is 6.07. The summed E-state index contributed by atoms with van der Waals surface area (Å²) in [5.74, 6) is -1.19. The average molecular weight is 520 g/mol. The molecule has 1 amide bonds. The number of carbonyl (C=O) groups is 2. The van der Waals surface area contributed by atoms with E-state index >= 15 is 0 Å². The zero-order chi connectivity index (χ0) is 26.6. The first kappa shape index (κ1) is 26.7. The van der Waals surface area contributed by atoms with Gasteiger partial charge in [0.15, 0.2) is 0 Å². The molecule has 2 aliphatic heterocycles. The average Bonchev–Trinajstić information content (AvgIpc) is 3.11. The van der Waals surface area contributed by atoms with E-state index in [-0.39, 0.29) is 24.5 Å². The number of hydrogen-bond acceptors (Lipinski definition) is 5. The van der Waals surface area contributed by atoms with E-state index in [4.69, 9.17) is 4.74 Å². The van der Waals surface area contributed by atoms with E-state index < -0.39 is 29.2 Å². The lowest BCUT2D eigenvalue weighted by Crippen LogP contribution is -2.49. The van der Waals surface area contributed by atoms with Gasteiger partial charge >= 0.3 is 12.1 Å². The number of nitrogens with zero attached hydrogens (tertiary/aromatic N) is 1. The van der Waals surface area contributed by atoms with Crippen LogP contribution in [0.4, 0.5) is 23.2 Å². The standard InChI is InChI=1S/C27H29F4N3O3/c1-18-23(24(35)33-13-12-32-22-4-2-3-20(17-22)27(29,30)31)26(37-25(18)36)10-15-34(16-11-26)14-9-19-5-7-21(28)8-6-19/h2-8,17,32H,9-16H2,1H3,(H,33,35). The quantitative estimate of drug-likeness (QED) is 0.309. The number of rotatable bonds is 8. The molecule has 2 aromatic rings. The maximum Gasteiger partial charge on any atom is 0.416 e. The molecule has 2 aliphatic rings. The summed E-state index contributed by atoms with van der Waals surface area (Å²) in [4.78, 5) is 27.7. The third kappa shape index (κ3) is 6.30. The maximum absolute atomic E-state index is 13.1. The zero-order valence-electron chi connectivity index (χ0n) is 20.5. The lowest BCUT2D eigenvalue weighted by atomic mass is 9.82. The van der Waals surface area contributed by atoms with Crippen LogP contribution in [0.3, 0.4) is 0 Å². The Bertz CT molecular complexity index is 1170. The predicted molar refractivity (Wildman–Crippen MR) is 130 cm³/mol. The Balaban J connectivity index is 1.30. The van der Waals surface area contributed by atoms with Crippen LogP contribution in [0.15, 0.2) is 59.7 Å². The minimum atomic E-state index is -4.43. The molecule has 0 aromatic heterocycles. The van der Waals surface area contributed by atoms with E-state index in [1.165, 1.54) is 24.3 Å². The molecule has 1 fully saturated rings. The smallest absolute Gasteiger partial charge is 0.416 e. The predicted octanol–water partition coefficient (Wildman–Crippen LogP) is 4.32. The Morgan fingerprint density at radius 3 is 2.46 bits per heavy atom. The fraction of sp³-hybridized carbons (Fsp3) is 0.407. The van der Waals surface area contributed by atoms with Gasteiger partial charge in [-0.05, 0) is 49.2 Å². The number of halogens is 4. The monoisotopic (exact) mass is 519 g/mol. The first-order valence-corrected chi connectivity index (χ1v) is 12.2. The van der Waals surface area contributed by atoms with Gasteiger partial charge in [0, 0.05) is 56.8 Å². The van der Waals surface area contributed by atoms with Crippen molar-refractivity contribution >= 4 is 17.6 Å². The Morgan fingerprint density at radius 2 is 1.78 bits per heavy atom. The van der Waals surface area contributed by atoms with Crippen LogP contribution in [0.25, 0.3) is 0 Å². The van der Waals surface area contributed by atoms with Crippen molar-refractivity contribution in [3.63, 3.8) is 0 Å². The maximum atomic E-state index is 13.1. The summed E-state index contributed by atoms with van der Waals surface area (Å²) >= 11 is 0. The van der Waals surface area contributed by atoms with Crippen LogP contribution in [0, 0.1) is 5.82 Å². The minimum Gasteiger partial charge on any atom is -0.450 e. The van der Waals surface area contributed by atoms with E-state index in [0.29, 0.717) is 37.2 Å². The second kappa shape index (κ2) is 10.9. The van der Waals surface area contributed by atoms with Gasteiger partial charge in [0.25, 0.3) is 5.91 Å². The molecular formula is C27H29F4N3O3. The van der Waals surface area contributed by atoms with Crippen LogP contribution in [-0.4, -0.2) is 55.1 Å². The lowest BCUT2D eigenvalue weighted by molar-refractivity contribution is -0.150. The number of alkyl halides is 3. The van der Waals surface area contributed by atoms with Gasteiger partial charge < -0.3 is 20.3 Å². The molecule has 10 heteroatoms. The number of amides is 1. The fourth-order valence-electron chi connectivity index (χ4n) is 4.83. The van der Waals surface area contributed by atoms with Gasteiger partial charge in [-0.2, -0.15) is 13.2 Å². The molecule has 1 saturated heterocycles. The number of benzene rings is 2. The van der Waals surface area contributed by atoms with Gasteiger partial charge in [0.05, 0.1) is 11.1 Å². The summed E-state index contributed by atoms with van der Waals surface area (Å²) in [6, 6.07) is 11.2. The molecule has 1 spiro atoms. The summed E-state index contributed by atoms with van der Waals surface area (Å²) in [7, 11) is 0. The van der Waals surface area contributed by atoms with Crippen LogP contribution in [0.5, 0.6) is 0 Å². The van der Waals surface area contributed by atoms with E-state index in [0.717, 1.165) is 30.7 Å². The molecule has 4 rings (SSSR count). The zero-order valence-corrected chi connectivity index (χ0v) is 20.5. The van der Waals surface area contributed by atoms with Gasteiger partial charge in [0.1, 0.15) is 11.4 Å². The largest absolute Gasteiger partial charge is 0.450 e. The number of hydrogen-bond donors (Lipinski definition) is 2. The first-order chi connectivity index (χ1) is 17.6. The van der Waals surface area contributed by atoms with Gasteiger partial charge in [-0.25, -0.2) is 9.18 Å². The van der Waals surface area contributed by atoms with E-state index in [9.17, 15) is 27.2 Å². The summed E-state index contributed by atoms with van der Waals surface area (Å²) in [5, 5.41) is 5.64. The molecule has 6 nitrogen and oxygen atoms in total. The van der Waals surface area contributed by atoms with Crippen molar-refractivity contribution < 1.29 is 31.9 Å². The highest BCUT2D eigenvalue weighted by Crippen LogP contribution is 2.41. The Morgan fingerprint density at radius 1 is 1.08 bits per heavy atom. The highest BCUT2D eigenvalue weighted by atomic mass is 19.4. The number of likely N-dealkylation sites (tertiary alicyclic amines) is 1. The first-order valence-electron chi connectivity index (χ1n) is 12.2. The normalized spacial score (nSPS) is 17.7. The van der Waals surface area contributed by atoms with E-state index in [1.54, 1.807) is 19.1 Å². The van der Waals surface area contributed by atoms with Gasteiger partial charge in [-0.3, -0.25) is 4.79 Å². The van der Waals surface area contributed by atoms with E-state index in [1.807, 2.05) is 0 Å². The SMILES string of the molecule is CC1=C(C(=O)NCCNc2cccc(C(F)(F)F)c2)C2(CCN(CCc3ccc(F)cc3)CC2)OC1=O. The topological polar surface area (TPSA) is 70.7 Å². The van der Waals surface area contributed by atoms with Crippen LogP contribution >= 0.6 is 0 Å². The molecule has 0 bridgehead atoms. The lowest BCUT2D eigenvalue weighted by Gasteiger charge is -2.39. The van der Waals surface area contributed by atoms with Crippen LogP contribution < -0.4 is 10.6 Å². The number of esters is 1. The van der Waals surface area contributed by atoms with E-state index in [2.05, 4.69) is 15.5 Å². The Labute approximate surface area is 212 Å². The van der Waals surface area contributed by atoms with Crippen molar-refractivity contribution in [2.24, 2.45) is 0 Å². The molecule has 0 saturated carbocycles. The van der Waals surface area contributed by atoms with Crippen molar-refractivity contribution in [1.82, 2.24) is 10.2 Å². The van der Waals surface area contributed by atoms with Crippen LogP contribution in [-0.2, 0) is 26.9 Å². The second-order valence-electron chi connectivity index (χ2n) is 9.36. The molecule has 0 unspecified atom stereocenters. The third-order valence-corrected chi connectivity index (χ3v) is 6.88. The Kier molecular flexibility index (Phi) is 7.87. The van der Waals surface area contributed by atoms with Crippen molar-refractivity contribution in [2.45, 2.75) is 38.0 Å². The van der Waals surface area contributed by atoms with Crippen molar-refractivity contribution in [2.75, 3.05) is 38.0 Å². The summed E-state index contributed by atoms with van der Waals surface area (Å²) < 4.78 is 57.5. The Hall–Kier alpha value is -3.40. The van der Waals surface area contributed by atoms with Gasteiger partial charge in [0.2, 0.25) is 0 Å². The molecule has 2 aromatic carbocycles. The molecular weight excluding hydrogens is 490 g/mol. The minimum absolute atomic E-state index is 0.153. The fourth-order valence-corrected chi connectivity index (χ4v) is 4.83. The highest BCUT2D eigenvalue weighted by Gasteiger charge is 2.50. The number of piperidine rings is 1. The van der Waals surface area contributed by atoms with Gasteiger partial charge in [-0.1, -0.05) is 18.2 Å². The molecule has 0 aliphatic carbocycles. The molecule has 0 radical (unpaired) electrons. The van der Waals surface area contributed by atoms with Crippen molar-refractivity contribution in [3.8, 4) is 0 Å². The van der Waals surface area contributed by atoms with Crippen LogP contribution in [0.2, 0.25) is 0 Å². The summed E-state index contributed by atoms with van der Waals surface area (Å²) in [6.45, 7) is 3.97. The van der Waals surface area contributed by atoms with Gasteiger partial charge in [-0.15, -0.1) is 0 Å². The van der Waals surface area contributed by atoms with Crippen molar-refractivity contribution in [3.05, 3.63) is 76.6 Å². The number of anilines is 1. The number of ether oxygens (including phenoxy) is 1. The molecule has 2 N–H and O–H groups in total. The number of carbonyl (C=O) groups excluding carboxylic acids is 2. The summed E-state index contributed by atoms with van der Waals surface area (Å²) in [6.07, 6.45) is -2.72. The molecule has 198 valence electrons. The molecule has 37 heavy (non-hydrogen) atoms. The van der Waals surface area contributed by atoms with Crippen molar-refractivity contribution in [1.29, 1.82) is 0 Å². The second-order valence-corrected chi connectivity index (χ2v) is 9.36.